The van der Waals surface area contributed by atoms with Crippen molar-refractivity contribution in [3.8, 4) is 0 Å². The summed E-state index contributed by atoms with van der Waals surface area (Å²) in [5.74, 6) is -0.328. The summed E-state index contributed by atoms with van der Waals surface area (Å²) in [6, 6.07) is 9.17. The molecule has 0 radical (unpaired) electrons. The number of allylic oxidation sites excluding steroid dienone is 2. The van der Waals surface area contributed by atoms with Crippen LogP contribution in [0.5, 0.6) is 0 Å². The first-order chi connectivity index (χ1) is 8.63. The summed E-state index contributed by atoms with van der Waals surface area (Å²) in [5, 5.41) is 0. The molecule has 0 amide bonds. The summed E-state index contributed by atoms with van der Waals surface area (Å²) in [7, 11) is 0. The normalized spacial score (nSPS) is 32.8. The smallest absolute Gasteiger partial charge is 0.195 e. The molecule has 1 aromatic carbocycles. The average molecular weight is 240 g/mol. The first-order valence-electron chi connectivity index (χ1n) is 5.80. The highest BCUT2D eigenvalue weighted by molar-refractivity contribution is 6.10. The van der Waals surface area contributed by atoms with Gasteiger partial charge < -0.3 is 4.74 Å². The topological polar surface area (TPSA) is 46.7 Å². The number of carbonyl (C=O) groups excluding carboxylic acids is 2. The molecule has 2 atom stereocenters. The minimum absolute atomic E-state index is 0.151. The Morgan fingerprint density at radius 1 is 1.17 bits per heavy atom. The van der Waals surface area contributed by atoms with E-state index in [0.717, 1.165) is 5.56 Å². The van der Waals surface area contributed by atoms with Crippen molar-refractivity contribution in [3.05, 3.63) is 60.2 Å². The quantitative estimate of drug-likeness (QED) is 0.742. The maximum Gasteiger partial charge on any atom is 0.195 e. The van der Waals surface area contributed by atoms with Crippen LogP contribution in [-0.4, -0.2) is 17.2 Å². The fraction of sp³-hybridized carbons (Fsp3) is 0.200. The molecule has 0 saturated carbocycles. The summed E-state index contributed by atoms with van der Waals surface area (Å²) < 4.78 is 5.66. The largest absolute Gasteiger partial charge is 0.336 e. The van der Waals surface area contributed by atoms with Crippen molar-refractivity contribution in [2.24, 2.45) is 0 Å². The molecule has 0 bridgehead atoms. The molecule has 90 valence electrons. The van der Waals surface area contributed by atoms with Gasteiger partial charge in [-0.15, -0.1) is 0 Å². The molecule has 0 aromatic heterocycles. The third kappa shape index (κ3) is 1.17. The third-order valence-electron chi connectivity index (χ3n) is 3.53. The van der Waals surface area contributed by atoms with E-state index < -0.39 is 11.2 Å². The van der Waals surface area contributed by atoms with Gasteiger partial charge in [0.2, 0.25) is 0 Å². The van der Waals surface area contributed by atoms with Crippen LogP contribution in [-0.2, 0) is 19.9 Å². The van der Waals surface area contributed by atoms with Crippen LogP contribution < -0.4 is 0 Å². The maximum atomic E-state index is 12.1. The molecule has 1 fully saturated rings. The zero-order valence-electron chi connectivity index (χ0n) is 9.92. The third-order valence-corrected chi connectivity index (χ3v) is 3.53. The van der Waals surface area contributed by atoms with Crippen molar-refractivity contribution < 1.29 is 14.3 Å². The van der Waals surface area contributed by atoms with Crippen molar-refractivity contribution in [1.82, 2.24) is 0 Å². The van der Waals surface area contributed by atoms with Crippen LogP contribution >= 0.6 is 0 Å². The predicted octanol–water partition coefficient (Wildman–Crippen LogP) is 1.93. The summed E-state index contributed by atoms with van der Waals surface area (Å²) >= 11 is 0. The van der Waals surface area contributed by atoms with Crippen LogP contribution in [0.3, 0.4) is 0 Å². The molecule has 1 aromatic rings. The van der Waals surface area contributed by atoms with E-state index in [9.17, 15) is 9.59 Å². The molecule has 3 heteroatoms. The molecule has 2 aliphatic rings. The van der Waals surface area contributed by atoms with E-state index in [1.54, 1.807) is 18.2 Å². The van der Waals surface area contributed by atoms with Gasteiger partial charge in [0.05, 0.1) is 0 Å². The Hall–Kier alpha value is -2.00. The molecule has 18 heavy (non-hydrogen) atoms. The van der Waals surface area contributed by atoms with E-state index >= 15 is 0 Å². The summed E-state index contributed by atoms with van der Waals surface area (Å²) in [5.41, 5.74) is -1.55. The Labute approximate surface area is 105 Å². The van der Waals surface area contributed by atoms with Gasteiger partial charge in [-0.2, -0.15) is 0 Å². The Morgan fingerprint density at radius 3 is 2.50 bits per heavy atom. The van der Waals surface area contributed by atoms with E-state index in [-0.39, 0.29) is 11.6 Å². The molecule has 1 saturated heterocycles. The van der Waals surface area contributed by atoms with E-state index in [1.807, 2.05) is 30.3 Å². The first-order valence-corrected chi connectivity index (χ1v) is 5.80. The Morgan fingerprint density at radius 2 is 1.89 bits per heavy atom. The lowest BCUT2D eigenvalue weighted by Crippen LogP contribution is -2.35. The highest BCUT2D eigenvalue weighted by Gasteiger charge is 2.76. The maximum absolute atomic E-state index is 12.1. The number of hydrogen-bond donors (Lipinski definition) is 0. The molecule has 0 N–H and O–H groups in total. The standard InChI is InChI=1S/C15H12O3/c1-11(16)15(12-7-3-2-4-8-12)14(18-15)10-6-5-9-13(14)17/h2-10H,1H3/t14?,15-/m1/s1. The molecule has 3 nitrogen and oxygen atoms in total. The van der Waals surface area contributed by atoms with E-state index in [2.05, 4.69) is 0 Å². The van der Waals surface area contributed by atoms with Gasteiger partial charge in [-0.05, 0) is 24.6 Å². The van der Waals surface area contributed by atoms with Crippen molar-refractivity contribution in [2.75, 3.05) is 0 Å². The van der Waals surface area contributed by atoms with Gasteiger partial charge in [0, 0.05) is 0 Å². The highest BCUT2D eigenvalue weighted by Crippen LogP contribution is 2.58. The molecule has 3 rings (SSSR count). The number of epoxide rings is 1. The Bertz CT molecular complexity index is 585. The van der Waals surface area contributed by atoms with Gasteiger partial charge in [-0.25, -0.2) is 0 Å². The van der Waals surface area contributed by atoms with Crippen molar-refractivity contribution in [1.29, 1.82) is 0 Å². The lowest BCUT2D eigenvalue weighted by atomic mass is 9.79. The van der Waals surface area contributed by atoms with Crippen molar-refractivity contribution in [3.63, 3.8) is 0 Å². The SMILES string of the molecule is CC(=O)[C@]1(c2ccccc2)OC12C=CC=CC2=O. The van der Waals surface area contributed by atoms with Gasteiger partial charge in [0.15, 0.2) is 22.8 Å². The van der Waals surface area contributed by atoms with Crippen molar-refractivity contribution in [2.45, 2.75) is 18.1 Å². The lowest BCUT2D eigenvalue weighted by Gasteiger charge is -2.15. The van der Waals surface area contributed by atoms with Crippen LogP contribution in [0.25, 0.3) is 0 Å². The molecule has 1 aliphatic carbocycles. The number of benzene rings is 1. The van der Waals surface area contributed by atoms with Gasteiger partial charge in [0.25, 0.3) is 0 Å². The molecule has 1 unspecified atom stereocenters. The second kappa shape index (κ2) is 3.50. The summed E-state index contributed by atoms with van der Waals surface area (Å²) in [4.78, 5) is 24.1. The average Bonchev–Trinajstić information content (AvgIpc) is 3.06. The molecule has 1 aliphatic heterocycles. The molecular weight excluding hydrogens is 228 g/mol. The highest BCUT2D eigenvalue weighted by atomic mass is 16.6. The first kappa shape index (κ1) is 11.1. The van der Waals surface area contributed by atoms with Gasteiger partial charge in [-0.3, -0.25) is 9.59 Å². The molecular formula is C15H12O3. The van der Waals surface area contributed by atoms with Gasteiger partial charge in [-0.1, -0.05) is 42.5 Å². The Balaban J connectivity index is 2.14. The van der Waals surface area contributed by atoms with E-state index in [0.29, 0.717) is 0 Å². The van der Waals surface area contributed by atoms with Crippen LogP contribution in [0.1, 0.15) is 12.5 Å². The van der Waals surface area contributed by atoms with Gasteiger partial charge >= 0.3 is 0 Å². The second-order valence-electron chi connectivity index (χ2n) is 4.52. The number of ketones is 2. The predicted molar refractivity (Wildman–Crippen MR) is 65.9 cm³/mol. The fourth-order valence-electron chi connectivity index (χ4n) is 2.61. The molecule has 1 spiro atoms. The van der Waals surface area contributed by atoms with Crippen LogP contribution in [0, 0.1) is 0 Å². The minimum Gasteiger partial charge on any atom is -0.336 e. The number of hydrogen-bond acceptors (Lipinski definition) is 3. The molecule has 1 heterocycles. The Kier molecular flexibility index (Phi) is 2.16. The number of carbonyl (C=O) groups is 2. The fourth-order valence-corrected chi connectivity index (χ4v) is 2.61. The zero-order valence-corrected chi connectivity index (χ0v) is 9.92. The number of ether oxygens (including phenoxy) is 1. The van der Waals surface area contributed by atoms with Crippen LogP contribution in [0.4, 0.5) is 0 Å². The number of rotatable bonds is 2. The monoisotopic (exact) mass is 240 g/mol. The van der Waals surface area contributed by atoms with Gasteiger partial charge in [0.1, 0.15) is 0 Å². The zero-order chi connectivity index (χ0) is 12.8. The van der Waals surface area contributed by atoms with Crippen LogP contribution in [0.15, 0.2) is 54.6 Å². The van der Waals surface area contributed by atoms with Crippen LogP contribution in [0.2, 0.25) is 0 Å². The second-order valence-corrected chi connectivity index (χ2v) is 4.52. The summed E-state index contributed by atoms with van der Waals surface area (Å²) in [6.45, 7) is 1.46. The van der Waals surface area contributed by atoms with E-state index in [1.165, 1.54) is 13.0 Å². The van der Waals surface area contributed by atoms with Crippen molar-refractivity contribution >= 4 is 11.6 Å². The minimum atomic E-state index is -1.15. The lowest BCUT2D eigenvalue weighted by molar-refractivity contribution is -0.123. The number of Topliss-reactive ketones (excluding diaryl/α,β-unsaturated/α-hetero) is 1. The van der Waals surface area contributed by atoms with E-state index in [4.69, 9.17) is 4.74 Å². The summed E-state index contributed by atoms with van der Waals surface area (Å²) in [6.07, 6.45) is 6.53.